The molecular formula is C19H16ClNO3S. The molecule has 1 fully saturated rings. The molecule has 3 atom stereocenters. The van der Waals surface area contributed by atoms with E-state index in [9.17, 15) is 9.59 Å². The van der Waals surface area contributed by atoms with Crippen LogP contribution in [-0.4, -0.2) is 35.2 Å². The number of allylic oxidation sites excluding steroid dienone is 2. The molecule has 4 nitrogen and oxygen atoms in total. The minimum Gasteiger partial charge on any atom is -0.452 e. The first-order valence-electron chi connectivity index (χ1n) is 8.09. The van der Waals surface area contributed by atoms with Crippen LogP contribution in [0.15, 0.2) is 60.2 Å². The number of fused-ring (bicyclic) bond motifs is 1. The Hall–Kier alpha value is -1.98. The predicted octanol–water partition coefficient (Wildman–Crippen LogP) is 3.51. The summed E-state index contributed by atoms with van der Waals surface area (Å²) in [5.41, 5.74) is 1.75. The number of halogens is 1. The summed E-state index contributed by atoms with van der Waals surface area (Å²) in [7, 11) is 0. The second-order valence-electron chi connectivity index (χ2n) is 6.02. The van der Waals surface area contributed by atoms with Gasteiger partial charge in [0.05, 0.1) is 0 Å². The number of rotatable bonds is 2. The van der Waals surface area contributed by atoms with E-state index >= 15 is 0 Å². The zero-order chi connectivity index (χ0) is 17.4. The Morgan fingerprint density at radius 3 is 2.96 bits per heavy atom. The van der Waals surface area contributed by atoms with Crippen LogP contribution < -0.4 is 0 Å². The molecule has 0 unspecified atom stereocenters. The smallest absolute Gasteiger partial charge is 0.323 e. The Morgan fingerprint density at radius 2 is 2.12 bits per heavy atom. The van der Waals surface area contributed by atoms with Gasteiger partial charge in [0.15, 0.2) is 5.92 Å². The Morgan fingerprint density at radius 1 is 1.28 bits per heavy atom. The van der Waals surface area contributed by atoms with E-state index in [0.29, 0.717) is 11.6 Å². The van der Waals surface area contributed by atoms with Crippen molar-refractivity contribution in [2.75, 3.05) is 12.3 Å². The Kier molecular flexibility index (Phi) is 4.44. The number of ether oxygens (including phenoxy) is 1. The maximum absolute atomic E-state index is 13.1. The van der Waals surface area contributed by atoms with E-state index in [0.717, 1.165) is 16.9 Å². The SMILES string of the molecule is O=C1O[C@@H]2C=CC=CC2=C[C@H]1C(=O)N1CCS[C@H]1c1ccccc1Cl. The van der Waals surface area contributed by atoms with Crippen LogP contribution in [0.1, 0.15) is 10.9 Å². The first-order valence-corrected chi connectivity index (χ1v) is 9.51. The molecule has 0 bridgehead atoms. The minimum absolute atomic E-state index is 0.174. The third kappa shape index (κ3) is 3.02. The van der Waals surface area contributed by atoms with E-state index in [1.165, 1.54) is 0 Å². The Labute approximate surface area is 155 Å². The van der Waals surface area contributed by atoms with Crippen molar-refractivity contribution in [1.82, 2.24) is 4.90 Å². The van der Waals surface area contributed by atoms with Gasteiger partial charge < -0.3 is 9.64 Å². The standard InChI is InChI=1S/C19H16ClNO3S/c20-15-7-3-2-6-13(15)18-21(9-10-25-18)17(22)14-11-12-5-1-4-8-16(12)24-19(14)23/h1-8,11,14,16,18H,9-10H2/t14-,16+,18-/m0/s1. The Bertz CT molecular complexity index is 817. The topological polar surface area (TPSA) is 46.6 Å². The summed E-state index contributed by atoms with van der Waals surface area (Å²) in [6.07, 6.45) is 8.74. The molecule has 2 aliphatic heterocycles. The normalized spacial score (nSPS) is 27.7. The monoisotopic (exact) mass is 373 g/mol. The van der Waals surface area contributed by atoms with Crippen LogP contribution in [0, 0.1) is 5.92 Å². The van der Waals surface area contributed by atoms with Crippen LogP contribution >= 0.6 is 23.4 Å². The van der Waals surface area contributed by atoms with Gasteiger partial charge in [0, 0.05) is 22.9 Å². The second kappa shape index (κ2) is 6.73. The fraction of sp³-hybridized carbons (Fsp3) is 0.263. The highest BCUT2D eigenvalue weighted by molar-refractivity contribution is 7.99. The van der Waals surface area contributed by atoms with Crippen molar-refractivity contribution < 1.29 is 14.3 Å². The largest absolute Gasteiger partial charge is 0.452 e. The van der Waals surface area contributed by atoms with E-state index in [-0.39, 0.29) is 17.4 Å². The first-order chi connectivity index (χ1) is 12.1. The van der Waals surface area contributed by atoms with Crippen LogP contribution in [0.3, 0.4) is 0 Å². The van der Waals surface area contributed by atoms with Crippen LogP contribution in [-0.2, 0) is 14.3 Å². The average molecular weight is 374 g/mol. The van der Waals surface area contributed by atoms with Gasteiger partial charge in [0.1, 0.15) is 11.5 Å². The molecule has 1 aromatic rings. The zero-order valence-corrected chi connectivity index (χ0v) is 14.9. The summed E-state index contributed by atoms with van der Waals surface area (Å²) in [4.78, 5) is 27.1. The van der Waals surface area contributed by atoms with Crippen molar-refractivity contribution in [1.29, 1.82) is 0 Å². The van der Waals surface area contributed by atoms with Crippen LogP contribution in [0.2, 0.25) is 5.02 Å². The molecule has 128 valence electrons. The fourth-order valence-electron chi connectivity index (χ4n) is 3.23. The van der Waals surface area contributed by atoms with Crippen LogP contribution in [0.5, 0.6) is 0 Å². The summed E-state index contributed by atoms with van der Waals surface area (Å²) < 4.78 is 5.42. The second-order valence-corrected chi connectivity index (χ2v) is 7.62. The van der Waals surface area contributed by atoms with Crippen molar-refractivity contribution in [3.05, 3.63) is 70.8 Å². The van der Waals surface area contributed by atoms with E-state index in [1.807, 2.05) is 48.6 Å². The lowest BCUT2D eigenvalue weighted by atomic mass is 9.94. The predicted molar refractivity (Wildman–Crippen MR) is 98.1 cm³/mol. The number of nitrogens with zero attached hydrogens (tertiary/aromatic N) is 1. The quantitative estimate of drug-likeness (QED) is 0.588. The minimum atomic E-state index is -0.897. The zero-order valence-electron chi connectivity index (χ0n) is 13.3. The molecule has 0 aromatic heterocycles. The third-order valence-electron chi connectivity index (χ3n) is 4.48. The fourth-order valence-corrected chi connectivity index (χ4v) is 4.84. The van der Waals surface area contributed by atoms with E-state index < -0.39 is 11.9 Å². The lowest BCUT2D eigenvalue weighted by Gasteiger charge is -2.31. The maximum atomic E-state index is 13.1. The number of esters is 1. The van der Waals surface area contributed by atoms with Crippen molar-refractivity contribution in [2.45, 2.75) is 11.5 Å². The molecule has 1 amide bonds. The molecule has 25 heavy (non-hydrogen) atoms. The summed E-state index contributed by atoms with van der Waals surface area (Å²) >= 11 is 7.97. The molecule has 0 spiro atoms. The van der Waals surface area contributed by atoms with Crippen LogP contribution in [0.25, 0.3) is 0 Å². The number of hydrogen-bond acceptors (Lipinski definition) is 4. The molecule has 1 aliphatic carbocycles. The van der Waals surface area contributed by atoms with Gasteiger partial charge in [-0.05, 0) is 17.7 Å². The molecule has 3 aliphatic rings. The third-order valence-corrected chi connectivity index (χ3v) is 6.07. The molecule has 4 rings (SSSR count). The summed E-state index contributed by atoms with van der Waals surface area (Å²) in [6.45, 7) is 0.589. The lowest BCUT2D eigenvalue weighted by molar-refractivity contribution is -0.156. The molecule has 0 radical (unpaired) electrons. The number of thioether (sulfide) groups is 1. The number of carbonyl (C=O) groups is 2. The van der Waals surface area contributed by atoms with Crippen molar-refractivity contribution in [2.24, 2.45) is 5.92 Å². The molecule has 2 heterocycles. The van der Waals surface area contributed by atoms with Gasteiger partial charge in [-0.1, -0.05) is 54.1 Å². The molecular weight excluding hydrogens is 358 g/mol. The number of carbonyl (C=O) groups excluding carboxylic acids is 2. The van der Waals surface area contributed by atoms with E-state index in [4.69, 9.17) is 16.3 Å². The van der Waals surface area contributed by atoms with Gasteiger partial charge in [-0.15, -0.1) is 11.8 Å². The van der Waals surface area contributed by atoms with Gasteiger partial charge in [0.2, 0.25) is 5.91 Å². The summed E-state index contributed by atoms with van der Waals surface area (Å²) in [5.74, 6) is -0.806. The highest BCUT2D eigenvalue weighted by Crippen LogP contribution is 2.42. The molecule has 6 heteroatoms. The molecule has 0 saturated carbocycles. The van der Waals surface area contributed by atoms with Gasteiger partial charge in [-0.25, -0.2) is 0 Å². The van der Waals surface area contributed by atoms with Crippen molar-refractivity contribution in [3.63, 3.8) is 0 Å². The Balaban J connectivity index is 1.62. The first kappa shape index (κ1) is 16.5. The molecule has 0 N–H and O–H groups in total. The summed E-state index contributed by atoms with van der Waals surface area (Å²) in [6, 6.07) is 7.51. The maximum Gasteiger partial charge on any atom is 0.323 e. The van der Waals surface area contributed by atoms with E-state index in [1.54, 1.807) is 22.7 Å². The molecule has 1 aromatic carbocycles. The lowest BCUT2D eigenvalue weighted by Crippen LogP contribution is -2.42. The molecule has 1 saturated heterocycles. The van der Waals surface area contributed by atoms with Gasteiger partial charge >= 0.3 is 5.97 Å². The van der Waals surface area contributed by atoms with Crippen molar-refractivity contribution >= 4 is 35.2 Å². The number of benzene rings is 1. The number of amides is 1. The van der Waals surface area contributed by atoms with Crippen LogP contribution in [0.4, 0.5) is 0 Å². The van der Waals surface area contributed by atoms with Gasteiger partial charge in [-0.2, -0.15) is 0 Å². The van der Waals surface area contributed by atoms with Gasteiger partial charge in [-0.3, -0.25) is 9.59 Å². The number of hydrogen-bond donors (Lipinski definition) is 0. The summed E-state index contributed by atoms with van der Waals surface area (Å²) in [5, 5.41) is 0.455. The van der Waals surface area contributed by atoms with E-state index in [2.05, 4.69) is 0 Å². The highest BCUT2D eigenvalue weighted by atomic mass is 35.5. The van der Waals surface area contributed by atoms with Gasteiger partial charge in [0.25, 0.3) is 0 Å². The highest BCUT2D eigenvalue weighted by Gasteiger charge is 2.41. The average Bonchev–Trinajstić information content (AvgIpc) is 3.10. The van der Waals surface area contributed by atoms with Crippen molar-refractivity contribution in [3.8, 4) is 0 Å².